The van der Waals surface area contributed by atoms with Crippen LogP contribution in [-0.2, 0) is 0 Å². The van der Waals surface area contributed by atoms with E-state index in [-0.39, 0.29) is 0 Å². The molecule has 1 nitrogen and oxygen atoms in total. The average Bonchev–Trinajstić information content (AvgIpc) is 2.38. The van der Waals surface area contributed by atoms with Crippen molar-refractivity contribution in [3.05, 3.63) is 35.9 Å². The molecule has 2 atom stereocenters. The average molecular weight is 217 g/mol. The maximum absolute atomic E-state index is 3.80. The van der Waals surface area contributed by atoms with Crippen LogP contribution in [0.3, 0.4) is 0 Å². The van der Waals surface area contributed by atoms with E-state index >= 15 is 0 Å². The molecular weight excluding hydrogens is 194 g/mol. The zero-order valence-electron chi connectivity index (χ0n) is 10.3. The molecule has 1 N–H and O–H groups in total. The van der Waals surface area contributed by atoms with Crippen LogP contribution < -0.4 is 5.32 Å². The van der Waals surface area contributed by atoms with Gasteiger partial charge in [0.15, 0.2) is 0 Å². The molecule has 0 saturated carbocycles. The monoisotopic (exact) mass is 217 g/mol. The summed E-state index contributed by atoms with van der Waals surface area (Å²) in [5.74, 6) is 0. The number of hydrogen-bond acceptors (Lipinski definition) is 1. The highest BCUT2D eigenvalue weighted by molar-refractivity contribution is 5.19. The SMILES string of the molecule is CCCC[C@@H]1CCC[C@@H](c2ccccc2)N1. The lowest BCUT2D eigenvalue weighted by molar-refractivity contribution is 0.307. The fraction of sp³-hybridized carbons (Fsp3) is 0.600. The van der Waals surface area contributed by atoms with Crippen LogP contribution in [0.1, 0.15) is 57.1 Å². The second-order valence-corrected chi connectivity index (χ2v) is 4.90. The van der Waals surface area contributed by atoms with Gasteiger partial charge in [0, 0.05) is 12.1 Å². The molecule has 16 heavy (non-hydrogen) atoms. The Kier molecular flexibility index (Phi) is 4.41. The highest BCUT2D eigenvalue weighted by Gasteiger charge is 2.21. The summed E-state index contributed by atoms with van der Waals surface area (Å²) in [6.45, 7) is 2.28. The minimum atomic E-state index is 0.594. The third-order valence-electron chi connectivity index (χ3n) is 3.59. The summed E-state index contributed by atoms with van der Waals surface area (Å²) in [5, 5.41) is 3.80. The molecule has 1 fully saturated rings. The third kappa shape index (κ3) is 3.08. The lowest BCUT2D eigenvalue weighted by Gasteiger charge is -2.31. The van der Waals surface area contributed by atoms with Gasteiger partial charge in [0.05, 0.1) is 0 Å². The van der Waals surface area contributed by atoms with Gasteiger partial charge in [-0.1, -0.05) is 56.5 Å². The smallest absolute Gasteiger partial charge is 0.0322 e. The number of unbranched alkanes of at least 4 members (excludes halogenated alkanes) is 1. The number of piperidine rings is 1. The van der Waals surface area contributed by atoms with Crippen LogP contribution in [0.5, 0.6) is 0 Å². The molecule has 0 aromatic heterocycles. The van der Waals surface area contributed by atoms with Crippen LogP contribution in [-0.4, -0.2) is 6.04 Å². The van der Waals surface area contributed by atoms with Crippen LogP contribution in [0.15, 0.2) is 30.3 Å². The molecule has 1 aliphatic heterocycles. The molecule has 0 bridgehead atoms. The van der Waals surface area contributed by atoms with Crippen molar-refractivity contribution in [2.75, 3.05) is 0 Å². The maximum atomic E-state index is 3.80. The van der Waals surface area contributed by atoms with Crippen molar-refractivity contribution in [1.29, 1.82) is 0 Å². The second-order valence-electron chi connectivity index (χ2n) is 4.90. The molecule has 0 unspecified atom stereocenters. The second kappa shape index (κ2) is 6.05. The van der Waals surface area contributed by atoms with E-state index in [2.05, 4.69) is 42.6 Å². The summed E-state index contributed by atoms with van der Waals surface area (Å²) in [7, 11) is 0. The fourth-order valence-electron chi connectivity index (χ4n) is 2.65. The maximum Gasteiger partial charge on any atom is 0.0322 e. The lowest BCUT2D eigenvalue weighted by Crippen LogP contribution is -2.36. The van der Waals surface area contributed by atoms with Crippen LogP contribution in [0, 0.1) is 0 Å². The largest absolute Gasteiger partial charge is 0.307 e. The molecule has 1 aliphatic rings. The van der Waals surface area contributed by atoms with Gasteiger partial charge in [-0.3, -0.25) is 0 Å². The first-order chi connectivity index (χ1) is 7.90. The van der Waals surface area contributed by atoms with Crippen molar-refractivity contribution in [2.45, 2.75) is 57.5 Å². The molecule has 1 aromatic carbocycles. The summed E-state index contributed by atoms with van der Waals surface area (Å²) >= 11 is 0. The molecule has 0 amide bonds. The van der Waals surface area contributed by atoms with Gasteiger partial charge < -0.3 is 5.32 Å². The van der Waals surface area contributed by atoms with Crippen LogP contribution in [0.4, 0.5) is 0 Å². The van der Waals surface area contributed by atoms with Gasteiger partial charge in [0.1, 0.15) is 0 Å². The summed E-state index contributed by atoms with van der Waals surface area (Å²) in [4.78, 5) is 0. The Hall–Kier alpha value is -0.820. The highest BCUT2D eigenvalue weighted by atomic mass is 15.0. The molecule has 1 aromatic rings. The van der Waals surface area contributed by atoms with Crippen molar-refractivity contribution < 1.29 is 0 Å². The number of rotatable bonds is 4. The first-order valence-corrected chi connectivity index (χ1v) is 6.71. The van der Waals surface area contributed by atoms with Crippen LogP contribution in [0.25, 0.3) is 0 Å². The van der Waals surface area contributed by atoms with E-state index in [1.54, 1.807) is 0 Å². The standard InChI is InChI=1S/C15H23N/c1-2-3-10-14-11-7-12-15(16-14)13-8-5-4-6-9-13/h4-6,8-9,14-16H,2-3,7,10-12H2,1H3/t14-,15+/m1/s1. The van der Waals surface area contributed by atoms with E-state index in [1.165, 1.54) is 44.1 Å². The van der Waals surface area contributed by atoms with E-state index in [0.29, 0.717) is 6.04 Å². The predicted octanol–water partition coefficient (Wildman–Crippen LogP) is 4.06. The van der Waals surface area contributed by atoms with Gasteiger partial charge in [-0.2, -0.15) is 0 Å². The van der Waals surface area contributed by atoms with Gasteiger partial charge in [-0.25, -0.2) is 0 Å². The van der Waals surface area contributed by atoms with Crippen molar-refractivity contribution in [3.63, 3.8) is 0 Å². The van der Waals surface area contributed by atoms with E-state index in [9.17, 15) is 0 Å². The molecule has 0 radical (unpaired) electrons. The topological polar surface area (TPSA) is 12.0 Å². The first-order valence-electron chi connectivity index (χ1n) is 6.71. The van der Waals surface area contributed by atoms with Crippen molar-refractivity contribution >= 4 is 0 Å². The summed E-state index contributed by atoms with van der Waals surface area (Å²) in [6.07, 6.45) is 8.06. The van der Waals surface area contributed by atoms with Gasteiger partial charge in [-0.05, 0) is 24.8 Å². The van der Waals surface area contributed by atoms with Gasteiger partial charge in [0.2, 0.25) is 0 Å². The predicted molar refractivity (Wildman–Crippen MR) is 69.5 cm³/mol. The highest BCUT2D eigenvalue weighted by Crippen LogP contribution is 2.26. The molecule has 0 aliphatic carbocycles. The Balaban J connectivity index is 1.91. The zero-order valence-corrected chi connectivity index (χ0v) is 10.3. The minimum Gasteiger partial charge on any atom is -0.307 e. The minimum absolute atomic E-state index is 0.594. The Bertz CT molecular complexity index is 294. The van der Waals surface area contributed by atoms with Crippen molar-refractivity contribution in [2.24, 2.45) is 0 Å². The van der Waals surface area contributed by atoms with Crippen molar-refractivity contribution in [3.8, 4) is 0 Å². The van der Waals surface area contributed by atoms with Crippen molar-refractivity contribution in [1.82, 2.24) is 5.32 Å². The van der Waals surface area contributed by atoms with Gasteiger partial charge in [-0.15, -0.1) is 0 Å². The summed E-state index contributed by atoms with van der Waals surface area (Å²) < 4.78 is 0. The molecule has 1 heteroatoms. The third-order valence-corrected chi connectivity index (χ3v) is 3.59. The van der Waals surface area contributed by atoms with Crippen LogP contribution in [0.2, 0.25) is 0 Å². The van der Waals surface area contributed by atoms with E-state index < -0.39 is 0 Å². The number of nitrogens with one attached hydrogen (secondary N) is 1. The quantitative estimate of drug-likeness (QED) is 0.802. The Morgan fingerprint density at radius 1 is 1.19 bits per heavy atom. The molecule has 1 saturated heterocycles. The summed E-state index contributed by atoms with van der Waals surface area (Å²) in [6, 6.07) is 12.2. The van der Waals surface area contributed by atoms with Crippen LogP contribution >= 0.6 is 0 Å². The molecule has 88 valence electrons. The Labute approximate surface area is 99.3 Å². The van der Waals surface area contributed by atoms with E-state index in [4.69, 9.17) is 0 Å². The van der Waals surface area contributed by atoms with Gasteiger partial charge >= 0.3 is 0 Å². The zero-order chi connectivity index (χ0) is 11.2. The van der Waals surface area contributed by atoms with Gasteiger partial charge in [0.25, 0.3) is 0 Å². The summed E-state index contributed by atoms with van der Waals surface area (Å²) in [5.41, 5.74) is 1.46. The number of hydrogen-bond donors (Lipinski definition) is 1. The Morgan fingerprint density at radius 3 is 2.75 bits per heavy atom. The fourth-order valence-corrected chi connectivity index (χ4v) is 2.65. The molecule has 1 heterocycles. The van der Waals surface area contributed by atoms with E-state index in [0.717, 1.165) is 6.04 Å². The lowest BCUT2D eigenvalue weighted by atomic mass is 9.91. The Morgan fingerprint density at radius 2 is 2.00 bits per heavy atom. The molecule has 2 rings (SSSR count). The number of benzene rings is 1. The van der Waals surface area contributed by atoms with E-state index in [1.807, 2.05) is 0 Å². The normalized spacial score (nSPS) is 25.6. The molecule has 0 spiro atoms. The molecular formula is C15H23N. The first kappa shape index (κ1) is 11.7.